The second kappa shape index (κ2) is 8.72. The lowest BCUT2D eigenvalue weighted by Gasteiger charge is -2.29. The van der Waals surface area contributed by atoms with Crippen molar-refractivity contribution in [3.8, 4) is 11.5 Å². The first-order chi connectivity index (χ1) is 11.1. The van der Waals surface area contributed by atoms with E-state index in [1.54, 1.807) is 7.11 Å². The topological polar surface area (TPSA) is 43.1 Å². The normalized spacial score (nSPS) is 13.7. The van der Waals surface area contributed by atoms with Crippen molar-refractivity contribution in [1.29, 1.82) is 0 Å². The minimum absolute atomic E-state index is 0.0536. The maximum atomic E-state index is 10.4. The highest BCUT2D eigenvalue weighted by Crippen LogP contribution is 2.34. The van der Waals surface area contributed by atoms with Gasteiger partial charge in [-0.15, -0.1) is 0 Å². The van der Waals surface area contributed by atoms with Crippen LogP contribution in [0.2, 0.25) is 0 Å². The number of aliphatic hydroxyl groups is 1. The molecule has 24 heavy (non-hydrogen) atoms. The number of rotatable bonds is 8. The fourth-order valence-corrected chi connectivity index (χ4v) is 3.00. The lowest BCUT2D eigenvalue weighted by atomic mass is 9.86. The van der Waals surface area contributed by atoms with Crippen molar-refractivity contribution in [3.05, 3.63) is 23.8 Å². The molecule has 0 aliphatic rings. The van der Waals surface area contributed by atoms with Crippen LogP contribution in [0.1, 0.15) is 54.0 Å². The summed E-state index contributed by atoms with van der Waals surface area (Å²) < 4.78 is 11.3. The summed E-state index contributed by atoms with van der Waals surface area (Å²) >= 11 is 0. The molecule has 0 saturated carbocycles. The Morgan fingerprint density at radius 1 is 1.08 bits per heavy atom. The summed E-state index contributed by atoms with van der Waals surface area (Å²) in [5.41, 5.74) is 1.04. The van der Waals surface area contributed by atoms with E-state index >= 15 is 0 Å². The third-order valence-corrected chi connectivity index (χ3v) is 4.38. The molecule has 1 atom stereocenters. The fourth-order valence-electron chi connectivity index (χ4n) is 3.00. The van der Waals surface area contributed by atoms with E-state index in [9.17, 15) is 5.11 Å². The van der Waals surface area contributed by atoms with Gasteiger partial charge >= 0.3 is 0 Å². The Morgan fingerprint density at radius 2 is 1.67 bits per heavy atom. The van der Waals surface area contributed by atoms with Crippen molar-refractivity contribution >= 4 is 0 Å². The Labute approximate surface area is 147 Å². The second-order valence-electron chi connectivity index (χ2n) is 8.17. The van der Waals surface area contributed by atoms with Crippen molar-refractivity contribution in [2.75, 3.05) is 20.3 Å². The van der Waals surface area contributed by atoms with Gasteiger partial charge in [0.15, 0.2) is 0 Å². The average Bonchev–Trinajstić information content (AvgIpc) is 2.48. The molecule has 0 aliphatic heterocycles. The zero-order chi connectivity index (χ0) is 18.5. The zero-order valence-corrected chi connectivity index (χ0v) is 16.6. The van der Waals surface area contributed by atoms with E-state index in [1.165, 1.54) is 4.90 Å². The molecule has 0 amide bonds. The van der Waals surface area contributed by atoms with Gasteiger partial charge in [0, 0.05) is 5.56 Å². The summed E-state index contributed by atoms with van der Waals surface area (Å²) in [4.78, 5) is 1.39. The molecule has 4 heteroatoms. The number of aliphatic hydroxyl groups excluding tert-OH is 1. The lowest BCUT2D eigenvalue weighted by molar-refractivity contribution is -0.944. The van der Waals surface area contributed by atoms with Crippen molar-refractivity contribution in [2.24, 2.45) is 0 Å². The van der Waals surface area contributed by atoms with Crippen LogP contribution in [-0.2, 0) is 5.41 Å². The Morgan fingerprint density at radius 3 is 2.12 bits per heavy atom. The number of methoxy groups -OCH3 is 1. The molecule has 0 saturated heterocycles. The van der Waals surface area contributed by atoms with Crippen LogP contribution in [-0.4, -0.2) is 43.6 Å². The first-order valence-electron chi connectivity index (χ1n) is 8.91. The quantitative estimate of drug-likeness (QED) is 0.765. The van der Waals surface area contributed by atoms with E-state index in [0.717, 1.165) is 17.1 Å². The molecule has 0 fully saturated rings. The lowest BCUT2D eigenvalue weighted by Crippen LogP contribution is -3.18. The molecule has 0 radical (unpaired) electrons. The highest BCUT2D eigenvalue weighted by atomic mass is 16.5. The summed E-state index contributed by atoms with van der Waals surface area (Å²) in [7, 11) is 1.67. The van der Waals surface area contributed by atoms with Crippen molar-refractivity contribution in [1.82, 2.24) is 0 Å². The van der Waals surface area contributed by atoms with E-state index in [4.69, 9.17) is 9.47 Å². The highest BCUT2D eigenvalue weighted by Gasteiger charge is 2.23. The van der Waals surface area contributed by atoms with Gasteiger partial charge in [-0.1, -0.05) is 20.8 Å². The number of nitrogens with one attached hydrogen (secondary N) is 1. The van der Waals surface area contributed by atoms with E-state index < -0.39 is 6.10 Å². The third kappa shape index (κ3) is 5.99. The van der Waals surface area contributed by atoms with Crippen LogP contribution in [0.15, 0.2) is 18.2 Å². The SMILES string of the molecule is COc1ccc(OC[C@@H](O)C[NH+](C(C)C)C(C)C)c(C(C)(C)C)c1. The molecule has 1 rings (SSSR count). The van der Waals surface area contributed by atoms with Crippen molar-refractivity contribution in [2.45, 2.75) is 72.1 Å². The van der Waals surface area contributed by atoms with Gasteiger partial charge in [0.2, 0.25) is 0 Å². The maximum Gasteiger partial charge on any atom is 0.137 e. The minimum atomic E-state index is -0.486. The van der Waals surface area contributed by atoms with Crippen LogP contribution in [0.4, 0.5) is 0 Å². The van der Waals surface area contributed by atoms with Crippen LogP contribution >= 0.6 is 0 Å². The van der Waals surface area contributed by atoms with Gasteiger partial charge in [0.05, 0.1) is 19.2 Å². The van der Waals surface area contributed by atoms with Crippen LogP contribution in [0.5, 0.6) is 11.5 Å². The second-order valence-corrected chi connectivity index (χ2v) is 8.17. The highest BCUT2D eigenvalue weighted by molar-refractivity contribution is 5.44. The molecular formula is C20H36NO3+. The Bertz CT molecular complexity index is 498. The Kier molecular flexibility index (Phi) is 7.56. The van der Waals surface area contributed by atoms with Crippen LogP contribution in [0, 0.1) is 0 Å². The summed E-state index contributed by atoms with van der Waals surface area (Å²) in [6.45, 7) is 16.2. The van der Waals surface area contributed by atoms with E-state index in [1.807, 2.05) is 18.2 Å². The van der Waals surface area contributed by atoms with E-state index in [-0.39, 0.29) is 5.41 Å². The molecule has 0 aromatic heterocycles. The zero-order valence-electron chi connectivity index (χ0n) is 16.6. The first kappa shape index (κ1) is 20.8. The number of hydrogen-bond donors (Lipinski definition) is 2. The molecule has 4 nitrogen and oxygen atoms in total. The predicted molar refractivity (Wildman–Crippen MR) is 99.3 cm³/mol. The van der Waals surface area contributed by atoms with Gasteiger partial charge in [-0.2, -0.15) is 0 Å². The van der Waals surface area contributed by atoms with E-state index in [0.29, 0.717) is 25.2 Å². The monoisotopic (exact) mass is 338 g/mol. The average molecular weight is 339 g/mol. The third-order valence-electron chi connectivity index (χ3n) is 4.38. The van der Waals surface area contributed by atoms with Crippen molar-refractivity contribution in [3.63, 3.8) is 0 Å². The number of benzene rings is 1. The van der Waals surface area contributed by atoms with Gasteiger partial charge in [-0.25, -0.2) is 0 Å². The van der Waals surface area contributed by atoms with E-state index in [2.05, 4.69) is 48.5 Å². The maximum absolute atomic E-state index is 10.4. The fraction of sp³-hybridized carbons (Fsp3) is 0.700. The summed E-state index contributed by atoms with van der Waals surface area (Å²) in [6, 6.07) is 6.80. The predicted octanol–water partition coefficient (Wildman–Crippen LogP) is 2.43. The van der Waals surface area contributed by atoms with Gasteiger partial charge < -0.3 is 19.5 Å². The molecule has 2 N–H and O–H groups in total. The molecule has 0 aliphatic carbocycles. The van der Waals surface area contributed by atoms with Gasteiger partial charge in [-0.3, -0.25) is 0 Å². The van der Waals surface area contributed by atoms with Gasteiger partial charge in [0.25, 0.3) is 0 Å². The molecule has 1 aromatic rings. The number of ether oxygens (including phenoxy) is 2. The Hall–Kier alpha value is -1.26. The van der Waals surface area contributed by atoms with Crippen LogP contribution < -0.4 is 14.4 Å². The standard InChI is InChI=1S/C20H35NO3/c1-14(2)21(15(3)4)12-16(22)13-24-19-10-9-17(23-8)11-18(19)20(5,6)7/h9-11,14-16,22H,12-13H2,1-8H3/p+1/t16-/m0/s1. The van der Waals surface area contributed by atoms with Gasteiger partial charge in [0.1, 0.15) is 30.8 Å². The summed E-state index contributed by atoms with van der Waals surface area (Å²) in [5, 5.41) is 10.4. The smallest absolute Gasteiger partial charge is 0.137 e. The summed E-state index contributed by atoms with van der Waals surface area (Å²) in [6.07, 6.45) is -0.486. The minimum Gasteiger partial charge on any atom is -0.497 e. The molecule has 0 spiro atoms. The van der Waals surface area contributed by atoms with Crippen LogP contribution in [0.25, 0.3) is 0 Å². The largest absolute Gasteiger partial charge is 0.497 e. The molecule has 0 unspecified atom stereocenters. The molecule has 0 bridgehead atoms. The molecular weight excluding hydrogens is 302 g/mol. The molecule has 138 valence electrons. The summed E-state index contributed by atoms with van der Waals surface area (Å²) in [5.74, 6) is 1.64. The van der Waals surface area contributed by atoms with Gasteiger partial charge in [-0.05, 0) is 51.3 Å². The molecule has 0 heterocycles. The molecule has 1 aromatic carbocycles. The van der Waals surface area contributed by atoms with Crippen LogP contribution in [0.3, 0.4) is 0 Å². The number of hydrogen-bond acceptors (Lipinski definition) is 3. The number of quaternary nitrogens is 1. The first-order valence-corrected chi connectivity index (χ1v) is 8.91. The van der Waals surface area contributed by atoms with Crippen molar-refractivity contribution < 1.29 is 19.5 Å². The Balaban J connectivity index is 2.80.